The van der Waals surface area contributed by atoms with E-state index in [4.69, 9.17) is 9.47 Å². The molecule has 4 heteroatoms. The minimum atomic E-state index is 0.162. The van der Waals surface area contributed by atoms with Gasteiger partial charge in [-0.1, -0.05) is 6.92 Å². The van der Waals surface area contributed by atoms with Gasteiger partial charge in [0.2, 0.25) is 0 Å². The Kier molecular flexibility index (Phi) is 13.3. The number of Topliss-reactive ketones (excluding diaryl/α,β-unsaturated/α-hetero) is 1. The summed E-state index contributed by atoms with van der Waals surface area (Å²) in [6, 6.07) is 0. The first kappa shape index (κ1) is 16.6. The van der Waals surface area contributed by atoms with Crippen molar-refractivity contribution < 1.29 is 14.3 Å². The van der Waals surface area contributed by atoms with E-state index in [1.165, 1.54) is 12.8 Å². The fraction of sp³-hybridized carbons (Fsp3) is 0.923. The van der Waals surface area contributed by atoms with Gasteiger partial charge in [-0.3, -0.25) is 4.79 Å². The summed E-state index contributed by atoms with van der Waals surface area (Å²) < 4.78 is 10.7. The number of carbonyl (C=O) groups is 1. The van der Waals surface area contributed by atoms with Gasteiger partial charge in [0.15, 0.2) is 5.78 Å². The molecule has 0 fully saturated rings. The summed E-state index contributed by atoms with van der Waals surface area (Å²) in [6.45, 7) is 5.36. The smallest absolute Gasteiger partial charge is 0.158 e. The first-order valence-corrected chi connectivity index (χ1v) is 6.63. The summed E-state index contributed by atoms with van der Waals surface area (Å²) in [5.41, 5.74) is 0. The molecule has 0 aromatic carbocycles. The Bertz CT molecular complexity index is 174. The number of ketones is 1. The zero-order valence-electron chi connectivity index (χ0n) is 11.3. The molecule has 0 aromatic rings. The molecule has 0 aliphatic heterocycles. The third kappa shape index (κ3) is 13.5. The van der Waals surface area contributed by atoms with E-state index in [9.17, 15) is 4.79 Å². The van der Waals surface area contributed by atoms with Crippen molar-refractivity contribution >= 4 is 5.78 Å². The van der Waals surface area contributed by atoms with Crippen LogP contribution in [0.25, 0.3) is 0 Å². The summed E-state index contributed by atoms with van der Waals surface area (Å²) >= 11 is 0. The van der Waals surface area contributed by atoms with Gasteiger partial charge >= 0.3 is 0 Å². The lowest BCUT2D eigenvalue weighted by molar-refractivity contribution is -0.123. The fourth-order valence-corrected chi connectivity index (χ4v) is 1.34. The van der Waals surface area contributed by atoms with Crippen molar-refractivity contribution in [2.24, 2.45) is 0 Å². The molecule has 17 heavy (non-hydrogen) atoms. The largest absolute Gasteiger partial charge is 0.381 e. The quantitative estimate of drug-likeness (QED) is 0.502. The average molecular weight is 245 g/mol. The lowest BCUT2D eigenvalue weighted by Crippen LogP contribution is -2.09. The highest BCUT2D eigenvalue weighted by molar-refractivity contribution is 5.79. The molecule has 4 nitrogen and oxygen atoms in total. The topological polar surface area (TPSA) is 47.6 Å². The Balaban J connectivity index is 2.96. The van der Waals surface area contributed by atoms with Crippen LogP contribution in [-0.4, -0.2) is 45.8 Å². The van der Waals surface area contributed by atoms with Gasteiger partial charge in [0, 0.05) is 26.2 Å². The van der Waals surface area contributed by atoms with Crippen LogP contribution >= 0.6 is 0 Å². The van der Waals surface area contributed by atoms with E-state index in [0.29, 0.717) is 13.0 Å². The molecular formula is C13H27NO3. The van der Waals surface area contributed by atoms with E-state index in [-0.39, 0.29) is 12.4 Å². The highest BCUT2D eigenvalue weighted by atomic mass is 16.5. The van der Waals surface area contributed by atoms with Crippen LogP contribution in [-0.2, 0) is 14.3 Å². The van der Waals surface area contributed by atoms with Crippen molar-refractivity contribution in [1.29, 1.82) is 0 Å². The SMILES string of the molecule is CCC(=O)COCCCOCCCCCNC. The Morgan fingerprint density at radius 2 is 1.71 bits per heavy atom. The van der Waals surface area contributed by atoms with Crippen molar-refractivity contribution in [1.82, 2.24) is 5.32 Å². The summed E-state index contributed by atoms with van der Waals surface area (Å²) in [5.74, 6) is 0.162. The highest BCUT2D eigenvalue weighted by Crippen LogP contribution is 1.95. The normalized spacial score (nSPS) is 10.7. The highest BCUT2D eigenvalue weighted by Gasteiger charge is 1.97. The maximum atomic E-state index is 10.9. The molecule has 0 bridgehead atoms. The molecule has 0 amide bonds. The second-order valence-corrected chi connectivity index (χ2v) is 4.07. The van der Waals surface area contributed by atoms with Crippen LogP contribution in [0.5, 0.6) is 0 Å². The van der Waals surface area contributed by atoms with Crippen LogP contribution in [0.15, 0.2) is 0 Å². The fourth-order valence-electron chi connectivity index (χ4n) is 1.34. The number of hydrogen-bond donors (Lipinski definition) is 1. The van der Waals surface area contributed by atoms with E-state index in [2.05, 4.69) is 5.32 Å². The molecule has 0 radical (unpaired) electrons. The Morgan fingerprint density at radius 3 is 2.41 bits per heavy atom. The molecule has 1 N–H and O–H groups in total. The molecule has 0 aliphatic rings. The molecule has 0 unspecified atom stereocenters. The Morgan fingerprint density at radius 1 is 1.00 bits per heavy atom. The number of hydrogen-bond acceptors (Lipinski definition) is 4. The lowest BCUT2D eigenvalue weighted by atomic mass is 10.2. The lowest BCUT2D eigenvalue weighted by Gasteiger charge is -2.05. The minimum absolute atomic E-state index is 0.162. The van der Waals surface area contributed by atoms with Crippen LogP contribution in [0.2, 0.25) is 0 Å². The van der Waals surface area contributed by atoms with Crippen molar-refractivity contribution in [3.63, 3.8) is 0 Å². The van der Waals surface area contributed by atoms with E-state index in [1.54, 1.807) is 0 Å². The maximum absolute atomic E-state index is 10.9. The third-order valence-corrected chi connectivity index (χ3v) is 2.45. The second-order valence-electron chi connectivity index (χ2n) is 4.07. The van der Waals surface area contributed by atoms with Crippen LogP contribution < -0.4 is 5.32 Å². The van der Waals surface area contributed by atoms with Crippen molar-refractivity contribution in [3.8, 4) is 0 Å². The Hall–Kier alpha value is -0.450. The number of unbranched alkanes of at least 4 members (excludes halogenated alkanes) is 2. The van der Waals surface area contributed by atoms with Gasteiger partial charge in [0.25, 0.3) is 0 Å². The third-order valence-electron chi connectivity index (χ3n) is 2.45. The number of rotatable bonds is 13. The van der Waals surface area contributed by atoms with Crippen LogP contribution in [0.3, 0.4) is 0 Å². The summed E-state index contributed by atoms with van der Waals surface area (Å²) in [7, 11) is 1.97. The van der Waals surface area contributed by atoms with Crippen molar-refractivity contribution in [2.45, 2.75) is 39.0 Å². The number of ether oxygens (including phenoxy) is 2. The van der Waals surface area contributed by atoms with Crippen LogP contribution in [0.1, 0.15) is 39.0 Å². The van der Waals surface area contributed by atoms with Gasteiger partial charge in [-0.05, 0) is 39.3 Å². The first-order chi connectivity index (χ1) is 8.31. The van der Waals surface area contributed by atoms with Crippen LogP contribution in [0, 0.1) is 0 Å². The predicted molar refractivity (Wildman–Crippen MR) is 69.3 cm³/mol. The van der Waals surface area contributed by atoms with Gasteiger partial charge in [-0.25, -0.2) is 0 Å². The average Bonchev–Trinajstić information content (AvgIpc) is 2.35. The van der Waals surface area contributed by atoms with Gasteiger partial charge in [-0.2, -0.15) is 0 Å². The molecule has 0 atom stereocenters. The van der Waals surface area contributed by atoms with E-state index >= 15 is 0 Å². The van der Waals surface area contributed by atoms with Gasteiger partial charge in [0.1, 0.15) is 6.61 Å². The molecule has 0 saturated heterocycles. The zero-order chi connectivity index (χ0) is 12.8. The van der Waals surface area contributed by atoms with Crippen molar-refractivity contribution in [2.75, 3.05) is 40.0 Å². The monoisotopic (exact) mass is 245 g/mol. The summed E-state index contributed by atoms with van der Waals surface area (Å²) in [6.07, 6.45) is 4.97. The van der Waals surface area contributed by atoms with Gasteiger partial charge < -0.3 is 14.8 Å². The molecule has 0 rings (SSSR count). The Labute approximate surface area is 105 Å². The standard InChI is InChI=1S/C13H27NO3/c1-3-13(15)12-17-11-7-10-16-9-6-4-5-8-14-2/h14H,3-12H2,1-2H3. The molecule has 0 heterocycles. The predicted octanol–water partition coefficient (Wildman–Crippen LogP) is 1.78. The molecule has 0 spiro atoms. The molecular weight excluding hydrogens is 218 g/mol. The zero-order valence-corrected chi connectivity index (χ0v) is 11.3. The summed E-state index contributed by atoms with van der Waals surface area (Å²) in [4.78, 5) is 10.9. The van der Waals surface area contributed by atoms with E-state index in [1.807, 2.05) is 14.0 Å². The van der Waals surface area contributed by atoms with Crippen LogP contribution in [0.4, 0.5) is 0 Å². The number of nitrogens with one attached hydrogen (secondary N) is 1. The first-order valence-electron chi connectivity index (χ1n) is 6.63. The number of carbonyl (C=O) groups excluding carboxylic acids is 1. The second kappa shape index (κ2) is 13.6. The molecule has 0 aliphatic carbocycles. The molecule has 102 valence electrons. The maximum Gasteiger partial charge on any atom is 0.158 e. The van der Waals surface area contributed by atoms with E-state index < -0.39 is 0 Å². The van der Waals surface area contributed by atoms with E-state index in [0.717, 1.165) is 32.6 Å². The minimum Gasteiger partial charge on any atom is -0.381 e. The molecule has 0 saturated carbocycles. The van der Waals surface area contributed by atoms with Gasteiger partial charge in [-0.15, -0.1) is 0 Å². The van der Waals surface area contributed by atoms with Crippen molar-refractivity contribution in [3.05, 3.63) is 0 Å². The van der Waals surface area contributed by atoms with Gasteiger partial charge in [0.05, 0.1) is 0 Å². The molecule has 0 aromatic heterocycles. The summed E-state index contributed by atoms with van der Waals surface area (Å²) in [5, 5.41) is 3.12.